The minimum Gasteiger partial charge on any atom is -0.493 e. The number of benzene rings is 1. The fourth-order valence-corrected chi connectivity index (χ4v) is 5.50. The van der Waals surface area contributed by atoms with Gasteiger partial charge < -0.3 is 14.6 Å². The van der Waals surface area contributed by atoms with Gasteiger partial charge in [-0.2, -0.15) is 0 Å². The number of thiophene rings is 1. The van der Waals surface area contributed by atoms with Crippen LogP contribution in [0.2, 0.25) is 0 Å². The van der Waals surface area contributed by atoms with Crippen molar-refractivity contribution in [2.45, 2.75) is 35.8 Å². The zero-order chi connectivity index (χ0) is 15.7. The van der Waals surface area contributed by atoms with Gasteiger partial charge in [-0.15, -0.1) is 23.1 Å². The van der Waals surface area contributed by atoms with E-state index in [1.165, 1.54) is 24.2 Å². The molecule has 1 heterocycles. The molecule has 1 aliphatic carbocycles. The molecule has 1 aliphatic rings. The summed E-state index contributed by atoms with van der Waals surface area (Å²) < 4.78 is 11.6. The molecule has 6 heteroatoms. The lowest BCUT2D eigenvalue weighted by molar-refractivity contribution is 0.0699. The van der Waals surface area contributed by atoms with E-state index in [0.29, 0.717) is 21.6 Å². The van der Waals surface area contributed by atoms with Gasteiger partial charge in [0.25, 0.3) is 0 Å². The summed E-state index contributed by atoms with van der Waals surface area (Å²) in [6.07, 6.45) is 4.79. The van der Waals surface area contributed by atoms with E-state index in [9.17, 15) is 9.90 Å². The number of carbonyl (C=O) groups is 1. The van der Waals surface area contributed by atoms with E-state index >= 15 is 0 Å². The van der Waals surface area contributed by atoms with Crippen molar-refractivity contribution in [3.8, 4) is 11.5 Å². The number of fused-ring (bicyclic) bond motifs is 1. The van der Waals surface area contributed by atoms with Crippen LogP contribution in [0.25, 0.3) is 10.1 Å². The van der Waals surface area contributed by atoms with Gasteiger partial charge in [-0.3, -0.25) is 0 Å². The van der Waals surface area contributed by atoms with Crippen molar-refractivity contribution in [3.63, 3.8) is 0 Å². The molecule has 4 nitrogen and oxygen atoms in total. The summed E-state index contributed by atoms with van der Waals surface area (Å²) in [5.41, 5.74) is 0. The summed E-state index contributed by atoms with van der Waals surface area (Å²) in [6, 6.07) is 3.76. The molecule has 1 saturated carbocycles. The highest BCUT2D eigenvalue weighted by atomic mass is 32.2. The number of thioether (sulfide) groups is 1. The first-order valence-electron chi connectivity index (χ1n) is 7.22. The van der Waals surface area contributed by atoms with Crippen LogP contribution in [0.4, 0.5) is 0 Å². The minimum absolute atomic E-state index is 0.419. The highest BCUT2D eigenvalue weighted by Crippen LogP contribution is 2.46. The number of methoxy groups -OCH3 is 2. The van der Waals surface area contributed by atoms with E-state index in [1.807, 2.05) is 12.1 Å². The molecule has 3 rings (SSSR count). The highest BCUT2D eigenvalue weighted by molar-refractivity contribution is 8.00. The smallest absolute Gasteiger partial charge is 0.347 e. The first kappa shape index (κ1) is 15.5. The Hall–Kier alpha value is -1.40. The first-order valence-corrected chi connectivity index (χ1v) is 8.92. The van der Waals surface area contributed by atoms with Crippen molar-refractivity contribution in [3.05, 3.63) is 17.0 Å². The zero-order valence-electron chi connectivity index (χ0n) is 12.5. The molecule has 1 aromatic heterocycles. The normalized spacial score (nSPS) is 15.4. The fourth-order valence-electron chi connectivity index (χ4n) is 2.83. The monoisotopic (exact) mass is 338 g/mol. The molecule has 1 N–H and O–H groups in total. The van der Waals surface area contributed by atoms with E-state index < -0.39 is 5.97 Å². The van der Waals surface area contributed by atoms with Crippen molar-refractivity contribution in [1.82, 2.24) is 0 Å². The van der Waals surface area contributed by atoms with E-state index in [2.05, 4.69) is 0 Å². The summed E-state index contributed by atoms with van der Waals surface area (Å²) in [4.78, 5) is 12.9. The number of ether oxygens (including phenoxy) is 2. The van der Waals surface area contributed by atoms with Crippen molar-refractivity contribution < 1.29 is 19.4 Å². The van der Waals surface area contributed by atoms with Crippen LogP contribution in [0, 0.1) is 0 Å². The quantitative estimate of drug-likeness (QED) is 0.860. The molecule has 0 spiro atoms. The first-order chi connectivity index (χ1) is 10.6. The van der Waals surface area contributed by atoms with Crippen molar-refractivity contribution >= 4 is 39.2 Å². The van der Waals surface area contributed by atoms with Gasteiger partial charge in [0.05, 0.1) is 14.2 Å². The molecule has 0 atom stereocenters. The van der Waals surface area contributed by atoms with Crippen LogP contribution in [0.15, 0.2) is 17.0 Å². The second kappa shape index (κ2) is 6.38. The molecule has 0 radical (unpaired) electrons. The van der Waals surface area contributed by atoms with Crippen LogP contribution >= 0.6 is 23.1 Å². The van der Waals surface area contributed by atoms with Gasteiger partial charge >= 0.3 is 5.97 Å². The van der Waals surface area contributed by atoms with Gasteiger partial charge in [0.1, 0.15) is 4.88 Å². The van der Waals surface area contributed by atoms with Gasteiger partial charge in [-0.25, -0.2) is 4.79 Å². The summed E-state index contributed by atoms with van der Waals surface area (Å²) in [5.74, 6) is 0.406. The number of rotatable bonds is 5. The van der Waals surface area contributed by atoms with Crippen LogP contribution in [0.5, 0.6) is 11.5 Å². The van der Waals surface area contributed by atoms with Gasteiger partial charge in [0, 0.05) is 26.3 Å². The van der Waals surface area contributed by atoms with E-state index in [4.69, 9.17) is 9.47 Å². The molecular formula is C16H18O4S2. The maximum Gasteiger partial charge on any atom is 0.347 e. The lowest BCUT2D eigenvalue weighted by atomic mass is 10.2. The lowest BCUT2D eigenvalue weighted by Crippen LogP contribution is -1.98. The van der Waals surface area contributed by atoms with E-state index in [-0.39, 0.29) is 0 Å². The molecule has 1 fully saturated rings. The summed E-state index contributed by atoms with van der Waals surface area (Å²) in [6.45, 7) is 0. The molecule has 22 heavy (non-hydrogen) atoms. The Morgan fingerprint density at radius 1 is 1.23 bits per heavy atom. The Labute approximate surface area is 137 Å². The average Bonchev–Trinajstić information content (AvgIpc) is 3.14. The standard InChI is InChI=1S/C16H18O4S2/c1-19-11-7-10-13(8-12(11)20-2)22-15(16(17)18)14(10)21-9-5-3-4-6-9/h7-9H,3-6H2,1-2H3,(H,17,18). The molecule has 0 aliphatic heterocycles. The third-order valence-corrected chi connectivity index (χ3v) is 6.66. The number of aromatic carboxylic acids is 1. The second-order valence-corrected chi connectivity index (χ2v) is 7.66. The minimum atomic E-state index is -0.861. The fraction of sp³-hybridized carbons (Fsp3) is 0.438. The van der Waals surface area contributed by atoms with Crippen LogP contribution in [-0.4, -0.2) is 30.5 Å². The topological polar surface area (TPSA) is 55.8 Å². The number of hydrogen-bond acceptors (Lipinski definition) is 5. The van der Waals surface area contributed by atoms with E-state index in [0.717, 1.165) is 27.8 Å². The number of hydrogen-bond donors (Lipinski definition) is 1. The molecule has 1 aromatic carbocycles. The Bertz CT molecular complexity index is 702. The lowest BCUT2D eigenvalue weighted by Gasteiger charge is -2.10. The van der Waals surface area contributed by atoms with Gasteiger partial charge in [0.2, 0.25) is 0 Å². The van der Waals surface area contributed by atoms with E-state index in [1.54, 1.807) is 26.0 Å². The maximum absolute atomic E-state index is 11.6. The number of carboxylic acid groups (broad SMARTS) is 1. The molecule has 0 amide bonds. The predicted molar refractivity (Wildman–Crippen MR) is 90.0 cm³/mol. The molecule has 118 valence electrons. The van der Waals surface area contributed by atoms with Crippen molar-refractivity contribution in [2.24, 2.45) is 0 Å². The third kappa shape index (κ3) is 2.77. The van der Waals surface area contributed by atoms with Gasteiger partial charge in [-0.1, -0.05) is 12.8 Å². The van der Waals surface area contributed by atoms with Crippen LogP contribution < -0.4 is 9.47 Å². The summed E-state index contributed by atoms with van der Waals surface area (Å²) in [5, 5.41) is 11.0. The molecule has 0 saturated heterocycles. The summed E-state index contributed by atoms with van der Waals surface area (Å²) in [7, 11) is 3.18. The highest BCUT2D eigenvalue weighted by Gasteiger charge is 2.25. The Morgan fingerprint density at radius 3 is 2.45 bits per heavy atom. The number of carboxylic acids is 1. The zero-order valence-corrected chi connectivity index (χ0v) is 14.2. The Kier molecular flexibility index (Phi) is 4.49. The molecular weight excluding hydrogens is 320 g/mol. The van der Waals surface area contributed by atoms with Crippen LogP contribution in [-0.2, 0) is 0 Å². The Morgan fingerprint density at radius 2 is 1.86 bits per heavy atom. The van der Waals surface area contributed by atoms with Gasteiger partial charge in [0.15, 0.2) is 11.5 Å². The molecule has 0 unspecified atom stereocenters. The van der Waals surface area contributed by atoms with Crippen molar-refractivity contribution in [2.75, 3.05) is 14.2 Å². The molecule has 0 bridgehead atoms. The maximum atomic E-state index is 11.6. The second-order valence-electron chi connectivity index (χ2n) is 5.29. The van der Waals surface area contributed by atoms with Crippen molar-refractivity contribution in [1.29, 1.82) is 0 Å². The summed E-state index contributed by atoms with van der Waals surface area (Å²) >= 11 is 3.02. The molecule has 2 aromatic rings. The Balaban J connectivity index is 2.13. The SMILES string of the molecule is COc1cc2sc(C(=O)O)c(SC3CCCC3)c2cc1OC. The third-order valence-electron chi connectivity index (χ3n) is 3.93. The average molecular weight is 338 g/mol. The largest absolute Gasteiger partial charge is 0.493 e. The van der Waals surface area contributed by atoms with Gasteiger partial charge in [-0.05, 0) is 18.9 Å². The predicted octanol–water partition coefficient (Wildman–Crippen LogP) is 4.65. The van der Waals surface area contributed by atoms with Crippen LogP contribution in [0.3, 0.4) is 0 Å². The van der Waals surface area contributed by atoms with Crippen LogP contribution in [0.1, 0.15) is 35.4 Å².